The molecule has 2 aliphatic heterocycles. The van der Waals surface area contributed by atoms with Gasteiger partial charge in [-0.25, -0.2) is 23.4 Å². The molecule has 16 nitrogen and oxygen atoms in total. The fraction of sp³-hybridized carbons (Fsp3) is 0.349. The molecule has 8 rings (SSSR count). The number of fused-ring (bicyclic) bond motifs is 1. The fourth-order valence-electron chi connectivity index (χ4n) is 7.22. The third-order valence-electron chi connectivity index (χ3n) is 10.7. The number of piperidine rings is 1. The fourth-order valence-corrected chi connectivity index (χ4v) is 7.22. The maximum absolute atomic E-state index is 14.1. The topological polar surface area (TPSA) is 194 Å². The smallest absolute Gasteiger partial charge is 0.284 e. The lowest BCUT2D eigenvalue weighted by molar-refractivity contribution is -0.136. The van der Waals surface area contributed by atoms with Gasteiger partial charge in [-0.2, -0.15) is 5.10 Å². The molecule has 1 saturated heterocycles. The highest BCUT2D eigenvalue weighted by Crippen LogP contribution is 2.31. The number of oxazole rings is 1. The number of nitrogens with zero attached hydrogens (tertiary/aromatic N) is 6. The Kier molecular flexibility index (Phi) is 12.1. The number of alkyl halides is 2. The predicted molar refractivity (Wildman–Crippen MR) is 216 cm³/mol. The summed E-state index contributed by atoms with van der Waals surface area (Å²) < 4.78 is 40.8. The number of aryl methyl sites for hydroxylation is 1. The Morgan fingerprint density at radius 1 is 1.00 bits per heavy atom. The summed E-state index contributed by atoms with van der Waals surface area (Å²) in [7, 11) is 1.95. The van der Waals surface area contributed by atoms with Crippen molar-refractivity contribution in [2.45, 2.75) is 57.5 Å². The van der Waals surface area contributed by atoms with Gasteiger partial charge in [-0.3, -0.25) is 39.1 Å². The molecule has 3 N–H and O–H groups in total. The first-order chi connectivity index (χ1) is 29.5. The maximum atomic E-state index is 14.1. The molecule has 61 heavy (non-hydrogen) atoms. The van der Waals surface area contributed by atoms with Gasteiger partial charge in [0.15, 0.2) is 11.4 Å². The maximum Gasteiger partial charge on any atom is 0.284 e. The van der Waals surface area contributed by atoms with E-state index in [0.29, 0.717) is 62.1 Å². The van der Waals surface area contributed by atoms with E-state index in [1.165, 1.54) is 30.0 Å². The van der Waals surface area contributed by atoms with Crippen LogP contribution in [0.15, 0.2) is 77.7 Å². The number of benzene rings is 2. The summed E-state index contributed by atoms with van der Waals surface area (Å²) in [6.07, 6.45) is 5.03. The Morgan fingerprint density at radius 2 is 1.79 bits per heavy atom. The summed E-state index contributed by atoms with van der Waals surface area (Å²) in [5.74, 6) is -1.34. The van der Waals surface area contributed by atoms with E-state index in [-0.39, 0.29) is 41.2 Å². The number of rotatable bonds is 18. The molecule has 0 radical (unpaired) electrons. The van der Waals surface area contributed by atoms with Gasteiger partial charge in [0.1, 0.15) is 18.1 Å². The van der Waals surface area contributed by atoms with E-state index in [1.54, 1.807) is 48.7 Å². The van der Waals surface area contributed by atoms with E-state index in [0.717, 1.165) is 22.6 Å². The van der Waals surface area contributed by atoms with E-state index in [9.17, 15) is 32.8 Å². The van der Waals surface area contributed by atoms with Crippen LogP contribution in [0.3, 0.4) is 0 Å². The molecule has 5 heterocycles. The van der Waals surface area contributed by atoms with Crippen molar-refractivity contribution in [2.75, 3.05) is 44.0 Å². The first-order valence-corrected chi connectivity index (χ1v) is 20.1. The average molecular weight is 836 g/mol. The number of anilines is 2. The molecule has 1 unspecified atom stereocenters. The summed E-state index contributed by atoms with van der Waals surface area (Å²) >= 11 is 0. The van der Waals surface area contributed by atoms with Crippen LogP contribution < -0.4 is 16.0 Å². The number of hydrogen-bond acceptors (Lipinski definition) is 12. The molecule has 5 aromatic rings. The lowest BCUT2D eigenvalue weighted by Crippen LogP contribution is -2.54. The minimum absolute atomic E-state index is 0.0625. The SMILES string of the molecule is CN(CCOCCCc1ccc2c(c1)C(=O)N(C1CCC(=O)NC1=O)C2=O)Cc1ccc(-n2cc(NC(=O)c3coc(-c4ccnc(NCC5CC5)c4)n3)c(C(F)F)n2)cc1. The summed E-state index contributed by atoms with van der Waals surface area (Å²) in [5.41, 5.74) is 2.66. The third-order valence-corrected chi connectivity index (χ3v) is 10.7. The second-order valence-corrected chi connectivity index (χ2v) is 15.4. The number of ether oxygens (including phenoxy) is 1. The molecule has 3 aliphatic rings. The standard InChI is InChI=1S/C43H43F2N9O7/c1-52(16-18-60-17-2-3-25-8-11-30-31(19-25)43(59)54(42(30)58)34-12-13-36(55)50-40(34)57)22-27-6-9-29(10-7-27)53-23-32(37(51-53)38(44)45)48-39(56)33-24-61-41(49-33)28-14-15-46-35(20-28)47-21-26-4-5-26/h6-11,14-15,19-20,23-24,26,34,38H,2-5,12-13,16-18,21-22H2,1H3,(H,46,47)(H,48,56)(H,50,55,57). The first kappa shape index (κ1) is 41.1. The van der Waals surface area contributed by atoms with Crippen LogP contribution in [-0.2, 0) is 27.3 Å². The van der Waals surface area contributed by atoms with Gasteiger partial charge in [-0.05, 0) is 92.6 Å². The van der Waals surface area contributed by atoms with Gasteiger partial charge >= 0.3 is 0 Å². The molecule has 3 aromatic heterocycles. The van der Waals surface area contributed by atoms with Crippen molar-refractivity contribution in [2.24, 2.45) is 5.92 Å². The quantitative estimate of drug-likeness (QED) is 0.0752. The van der Waals surface area contributed by atoms with Crippen LogP contribution in [0.5, 0.6) is 0 Å². The van der Waals surface area contributed by atoms with Crippen molar-refractivity contribution in [1.29, 1.82) is 0 Å². The van der Waals surface area contributed by atoms with Gasteiger partial charge < -0.3 is 19.8 Å². The Hall–Kier alpha value is -6.66. The Morgan fingerprint density at radius 3 is 2.56 bits per heavy atom. The third kappa shape index (κ3) is 9.55. The van der Waals surface area contributed by atoms with Crippen LogP contribution in [-0.4, -0.2) is 98.5 Å². The molecule has 0 spiro atoms. The number of pyridine rings is 1. The molecule has 18 heteroatoms. The van der Waals surface area contributed by atoms with Crippen molar-refractivity contribution in [3.8, 4) is 17.1 Å². The molecule has 2 fully saturated rings. The number of likely N-dealkylation sites (N-methyl/N-ethyl adjacent to an activating group) is 1. The highest BCUT2D eigenvalue weighted by Gasteiger charge is 2.44. The first-order valence-electron chi connectivity index (χ1n) is 20.1. The number of halogens is 2. The zero-order valence-electron chi connectivity index (χ0n) is 33.2. The largest absolute Gasteiger partial charge is 0.444 e. The van der Waals surface area contributed by atoms with E-state index in [4.69, 9.17) is 9.15 Å². The Balaban J connectivity index is 0.782. The molecule has 0 bridgehead atoms. The normalized spacial score (nSPS) is 16.4. The number of imide groups is 2. The number of nitrogens with one attached hydrogen (secondary N) is 3. The van der Waals surface area contributed by atoms with Gasteiger partial charge in [0.2, 0.25) is 17.7 Å². The Bertz CT molecular complexity index is 2470. The monoisotopic (exact) mass is 835 g/mol. The Labute approximate surface area is 348 Å². The van der Waals surface area contributed by atoms with Crippen LogP contribution in [0.25, 0.3) is 17.1 Å². The second-order valence-electron chi connectivity index (χ2n) is 15.4. The molecular formula is C43H43F2N9O7. The van der Waals surface area contributed by atoms with E-state index >= 15 is 0 Å². The van der Waals surface area contributed by atoms with E-state index in [1.807, 2.05) is 19.2 Å². The molecular weight excluding hydrogens is 793 g/mol. The second kappa shape index (κ2) is 17.9. The van der Waals surface area contributed by atoms with Gasteiger partial charge in [-0.1, -0.05) is 18.2 Å². The molecule has 1 saturated carbocycles. The number of hydrogen-bond donors (Lipinski definition) is 3. The number of aromatic nitrogens is 4. The van der Waals surface area contributed by atoms with Crippen LogP contribution in [0.1, 0.15) is 86.6 Å². The summed E-state index contributed by atoms with van der Waals surface area (Å²) in [4.78, 5) is 74.6. The number of amides is 5. The minimum atomic E-state index is -2.95. The zero-order valence-corrected chi connectivity index (χ0v) is 33.2. The average Bonchev–Trinajstić information content (AvgIpc) is 3.66. The lowest BCUT2D eigenvalue weighted by atomic mass is 10.0. The molecule has 5 amide bonds. The highest BCUT2D eigenvalue weighted by atomic mass is 19.3. The van der Waals surface area contributed by atoms with E-state index < -0.39 is 47.7 Å². The molecule has 1 atom stereocenters. The van der Waals surface area contributed by atoms with Crippen LogP contribution in [0, 0.1) is 5.92 Å². The van der Waals surface area contributed by atoms with Crippen molar-refractivity contribution in [3.63, 3.8) is 0 Å². The van der Waals surface area contributed by atoms with Gasteiger partial charge in [0.05, 0.1) is 35.3 Å². The van der Waals surface area contributed by atoms with Crippen molar-refractivity contribution < 1.29 is 41.9 Å². The van der Waals surface area contributed by atoms with Crippen LogP contribution >= 0.6 is 0 Å². The highest BCUT2D eigenvalue weighted by molar-refractivity contribution is 6.23. The van der Waals surface area contributed by atoms with E-state index in [2.05, 4.69) is 35.9 Å². The zero-order chi connectivity index (χ0) is 42.6. The molecule has 316 valence electrons. The van der Waals surface area contributed by atoms with Crippen LogP contribution in [0.4, 0.5) is 20.3 Å². The van der Waals surface area contributed by atoms with Crippen molar-refractivity contribution in [1.82, 2.24) is 34.9 Å². The number of carbonyl (C=O) groups is 5. The summed E-state index contributed by atoms with van der Waals surface area (Å²) in [5, 5.41) is 12.0. The molecule has 2 aromatic carbocycles. The van der Waals surface area contributed by atoms with Gasteiger partial charge in [0, 0.05) is 44.4 Å². The minimum Gasteiger partial charge on any atom is -0.444 e. The summed E-state index contributed by atoms with van der Waals surface area (Å²) in [6.45, 7) is 3.02. The molecule has 1 aliphatic carbocycles. The number of carbonyl (C=O) groups excluding carboxylic acids is 5. The van der Waals surface area contributed by atoms with Gasteiger partial charge in [-0.15, -0.1) is 0 Å². The van der Waals surface area contributed by atoms with Gasteiger partial charge in [0.25, 0.3) is 24.1 Å². The summed E-state index contributed by atoms with van der Waals surface area (Å²) in [6, 6.07) is 14.8. The lowest BCUT2D eigenvalue weighted by Gasteiger charge is -2.27. The predicted octanol–water partition coefficient (Wildman–Crippen LogP) is 5.42. The van der Waals surface area contributed by atoms with Crippen LogP contribution in [0.2, 0.25) is 0 Å². The van der Waals surface area contributed by atoms with Crippen molar-refractivity contribution >= 4 is 41.0 Å². The van der Waals surface area contributed by atoms with Crippen molar-refractivity contribution in [3.05, 3.63) is 107 Å².